The molecule has 2 aliphatic rings. The van der Waals surface area contributed by atoms with E-state index in [2.05, 4.69) is 54.0 Å². The molecule has 6 heteroatoms. The van der Waals surface area contributed by atoms with E-state index in [1.165, 1.54) is 11.3 Å². The van der Waals surface area contributed by atoms with E-state index in [-0.39, 0.29) is 11.9 Å². The normalized spacial score (nSPS) is 20.7. The smallest absolute Gasteiger partial charge is 0.264 e. The molecule has 2 saturated heterocycles. The van der Waals surface area contributed by atoms with E-state index in [1.54, 1.807) is 11.3 Å². The van der Waals surface area contributed by atoms with Gasteiger partial charge in [0.05, 0.1) is 4.88 Å². The summed E-state index contributed by atoms with van der Waals surface area (Å²) in [5.41, 5.74) is 9.50. The van der Waals surface area contributed by atoms with Gasteiger partial charge in [0.1, 0.15) is 0 Å². The summed E-state index contributed by atoms with van der Waals surface area (Å²) in [6, 6.07) is 11.7. The number of nitrogens with two attached hydrogens (primary N) is 1. The first-order chi connectivity index (χ1) is 13.9. The Hall–Kier alpha value is -1.89. The highest BCUT2D eigenvalue weighted by Crippen LogP contribution is 2.33. The van der Waals surface area contributed by atoms with Gasteiger partial charge < -0.3 is 15.5 Å². The van der Waals surface area contributed by atoms with Crippen molar-refractivity contribution in [3.05, 3.63) is 40.8 Å². The van der Waals surface area contributed by atoms with E-state index in [1.807, 2.05) is 11.8 Å². The van der Waals surface area contributed by atoms with Gasteiger partial charge in [0.2, 0.25) is 0 Å². The van der Waals surface area contributed by atoms with E-state index in [9.17, 15) is 4.79 Å². The molecule has 156 valence electrons. The molecule has 2 fully saturated rings. The molecule has 0 saturated carbocycles. The number of amides is 1. The zero-order valence-electron chi connectivity index (χ0n) is 17.7. The van der Waals surface area contributed by atoms with Gasteiger partial charge in [-0.25, -0.2) is 0 Å². The number of likely N-dealkylation sites (tertiary alicyclic amines) is 1. The minimum Gasteiger partial charge on any atom is -0.369 e. The van der Waals surface area contributed by atoms with Crippen molar-refractivity contribution < 1.29 is 4.79 Å². The Morgan fingerprint density at radius 3 is 2.38 bits per heavy atom. The van der Waals surface area contributed by atoms with Gasteiger partial charge in [0, 0.05) is 61.9 Å². The number of anilines is 1. The van der Waals surface area contributed by atoms with Crippen molar-refractivity contribution in [2.75, 3.05) is 44.2 Å². The zero-order chi connectivity index (χ0) is 20.5. The summed E-state index contributed by atoms with van der Waals surface area (Å²) in [5, 5.41) is 0. The number of aryl methyl sites for hydroxylation is 1. The van der Waals surface area contributed by atoms with Crippen molar-refractivity contribution in [3.8, 4) is 10.4 Å². The lowest BCUT2D eigenvalue weighted by atomic mass is 10.1. The molecule has 2 N–H and O–H groups in total. The second-order valence-corrected chi connectivity index (χ2v) is 9.64. The van der Waals surface area contributed by atoms with Crippen LogP contribution in [0.4, 0.5) is 5.69 Å². The average Bonchev–Trinajstić information content (AvgIpc) is 3.33. The van der Waals surface area contributed by atoms with Crippen LogP contribution in [0.5, 0.6) is 0 Å². The number of nitrogens with zero attached hydrogens (tertiary/aromatic N) is 3. The molecule has 0 unspecified atom stereocenters. The Balaban J connectivity index is 1.45. The van der Waals surface area contributed by atoms with Crippen LogP contribution in [0.2, 0.25) is 0 Å². The van der Waals surface area contributed by atoms with Crippen LogP contribution < -0.4 is 10.6 Å². The molecule has 29 heavy (non-hydrogen) atoms. The lowest BCUT2D eigenvalue weighted by Crippen LogP contribution is -2.48. The third-order valence-corrected chi connectivity index (χ3v) is 7.46. The van der Waals surface area contributed by atoms with Crippen LogP contribution in [0.25, 0.3) is 10.4 Å². The number of rotatable bonds is 4. The Bertz CT molecular complexity index is 852. The minimum absolute atomic E-state index is 0.119. The Kier molecular flexibility index (Phi) is 5.95. The maximum absolute atomic E-state index is 12.9. The maximum atomic E-state index is 12.9. The van der Waals surface area contributed by atoms with E-state index in [0.29, 0.717) is 12.6 Å². The molecule has 0 radical (unpaired) electrons. The van der Waals surface area contributed by atoms with Gasteiger partial charge in [-0.05, 0) is 56.5 Å². The Labute approximate surface area is 178 Å². The Morgan fingerprint density at radius 1 is 1.10 bits per heavy atom. The molecule has 0 bridgehead atoms. The minimum atomic E-state index is 0.119. The molecule has 1 aromatic heterocycles. The monoisotopic (exact) mass is 412 g/mol. The van der Waals surface area contributed by atoms with Crippen molar-refractivity contribution in [1.29, 1.82) is 0 Å². The van der Waals surface area contributed by atoms with Crippen LogP contribution in [0, 0.1) is 6.92 Å². The number of carbonyl (C=O) groups excluding carboxylic acids is 1. The van der Waals surface area contributed by atoms with Crippen molar-refractivity contribution in [1.82, 2.24) is 9.80 Å². The summed E-state index contributed by atoms with van der Waals surface area (Å²) < 4.78 is 0. The van der Waals surface area contributed by atoms with Gasteiger partial charge in [0.15, 0.2) is 0 Å². The van der Waals surface area contributed by atoms with Crippen molar-refractivity contribution in [2.45, 2.75) is 39.3 Å². The van der Waals surface area contributed by atoms with E-state index in [4.69, 9.17) is 5.73 Å². The first kappa shape index (κ1) is 20.4. The third-order valence-electron chi connectivity index (χ3n) is 6.19. The lowest BCUT2D eigenvalue weighted by molar-refractivity contribution is 0.0795. The molecule has 0 aliphatic carbocycles. The number of hydrogen-bond donors (Lipinski definition) is 1. The molecule has 5 nitrogen and oxygen atoms in total. The highest BCUT2D eigenvalue weighted by molar-refractivity contribution is 7.17. The fourth-order valence-corrected chi connectivity index (χ4v) is 5.43. The van der Waals surface area contributed by atoms with Crippen LogP contribution >= 0.6 is 11.3 Å². The summed E-state index contributed by atoms with van der Waals surface area (Å²) in [7, 11) is 0. The number of piperazine rings is 1. The fraction of sp³-hybridized carbons (Fsp3) is 0.522. The summed E-state index contributed by atoms with van der Waals surface area (Å²) in [6.45, 7) is 12.4. The number of thiophene rings is 1. The lowest BCUT2D eigenvalue weighted by Gasteiger charge is -2.38. The van der Waals surface area contributed by atoms with Crippen LogP contribution in [0.3, 0.4) is 0 Å². The predicted octanol–water partition coefficient (Wildman–Crippen LogP) is 3.43. The topological polar surface area (TPSA) is 52.8 Å². The van der Waals surface area contributed by atoms with Crippen molar-refractivity contribution >= 4 is 22.9 Å². The van der Waals surface area contributed by atoms with Gasteiger partial charge in [-0.3, -0.25) is 9.69 Å². The molecular weight excluding hydrogens is 380 g/mol. The SMILES string of the molecule is Cc1cc(-c2ccc(N3CCN(C(C)C)CC3)cc2)sc1C(=O)N1CC[C@H](N)C1. The zero-order valence-corrected chi connectivity index (χ0v) is 18.5. The van der Waals surface area contributed by atoms with Crippen LogP contribution in [0.15, 0.2) is 30.3 Å². The van der Waals surface area contributed by atoms with Crippen LogP contribution in [-0.2, 0) is 0 Å². The fourth-order valence-electron chi connectivity index (χ4n) is 4.29. The van der Waals surface area contributed by atoms with Crippen molar-refractivity contribution in [3.63, 3.8) is 0 Å². The third kappa shape index (κ3) is 4.34. The average molecular weight is 413 g/mol. The maximum Gasteiger partial charge on any atom is 0.264 e. The molecule has 1 aromatic carbocycles. The number of benzene rings is 1. The summed E-state index contributed by atoms with van der Waals surface area (Å²) in [4.78, 5) is 21.8. The number of hydrogen-bond acceptors (Lipinski definition) is 5. The highest BCUT2D eigenvalue weighted by atomic mass is 32.1. The van der Waals surface area contributed by atoms with Gasteiger partial charge in [-0.15, -0.1) is 11.3 Å². The predicted molar refractivity (Wildman–Crippen MR) is 122 cm³/mol. The summed E-state index contributed by atoms with van der Waals surface area (Å²) in [6.07, 6.45) is 0.899. The van der Waals surface area contributed by atoms with Crippen LogP contribution in [-0.4, -0.2) is 67.1 Å². The second kappa shape index (κ2) is 8.46. The molecule has 3 heterocycles. The van der Waals surface area contributed by atoms with Crippen molar-refractivity contribution in [2.24, 2.45) is 5.73 Å². The largest absolute Gasteiger partial charge is 0.369 e. The van der Waals surface area contributed by atoms with Crippen LogP contribution in [0.1, 0.15) is 35.5 Å². The quantitative estimate of drug-likeness (QED) is 0.836. The van der Waals surface area contributed by atoms with Gasteiger partial charge in [-0.1, -0.05) is 12.1 Å². The first-order valence-corrected chi connectivity index (χ1v) is 11.5. The van der Waals surface area contributed by atoms with E-state index < -0.39 is 0 Å². The van der Waals surface area contributed by atoms with Gasteiger partial charge in [0.25, 0.3) is 5.91 Å². The highest BCUT2D eigenvalue weighted by Gasteiger charge is 2.27. The summed E-state index contributed by atoms with van der Waals surface area (Å²) >= 11 is 1.60. The standard InChI is InChI=1S/C23H32N4OS/c1-16(2)25-10-12-26(13-11-25)20-6-4-18(5-7-20)21-14-17(3)22(29-21)23(28)27-9-8-19(24)15-27/h4-7,14,16,19H,8-13,15,24H2,1-3H3/t19-/m0/s1. The number of carbonyl (C=O) groups is 1. The second-order valence-electron chi connectivity index (χ2n) is 8.59. The van der Waals surface area contributed by atoms with E-state index in [0.717, 1.165) is 54.5 Å². The van der Waals surface area contributed by atoms with Gasteiger partial charge >= 0.3 is 0 Å². The molecular formula is C23H32N4OS. The molecule has 2 aliphatic heterocycles. The van der Waals surface area contributed by atoms with Gasteiger partial charge in [-0.2, -0.15) is 0 Å². The van der Waals surface area contributed by atoms with E-state index >= 15 is 0 Å². The summed E-state index contributed by atoms with van der Waals surface area (Å²) in [5.74, 6) is 0.131. The molecule has 1 amide bonds. The Morgan fingerprint density at radius 2 is 1.79 bits per heavy atom. The molecule has 4 rings (SSSR count). The molecule has 0 spiro atoms. The molecule has 1 atom stereocenters. The first-order valence-electron chi connectivity index (χ1n) is 10.7. The molecule has 2 aromatic rings.